The lowest BCUT2D eigenvalue weighted by Gasteiger charge is -2.33. The Morgan fingerprint density at radius 2 is 2.19 bits per heavy atom. The van der Waals surface area contributed by atoms with Gasteiger partial charge in [0.25, 0.3) is 10.0 Å². The van der Waals surface area contributed by atoms with Crippen molar-refractivity contribution in [3.05, 3.63) is 41.9 Å². The molecule has 3 N–H and O–H groups in total. The van der Waals surface area contributed by atoms with E-state index in [1.807, 2.05) is 31.2 Å². The van der Waals surface area contributed by atoms with Crippen LogP contribution in [0.2, 0.25) is 0 Å². The number of anilines is 1. The molecule has 2 heterocycles. The van der Waals surface area contributed by atoms with Gasteiger partial charge < -0.3 is 10.7 Å². The number of hydrogen-bond donors (Lipinski definition) is 2. The highest BCUT2D eigenvalue weighted by Crippen LogP contribution is 2.30. The van der Waals surface area contributed by atoms with Crippen molar-refractivity contribution in [1.29, 1.82) is 0 Å². The molecular formula is C14H18N4O2S. The van der Waals surface area contributed by atoms with Crippen LogP contribution in [0.25, 0.3) is 0 Å². The Labute approximate surface area is 124 Å². The van der Waals surface area contributed by atoms with Crippen molar-refractivity contribution in [2.75, 3.05) is 10.8 Å². The highest BCUT2D eigenvalue weighted by Gasteiger charge is 2.32. The molecule has 1 atom stereocenters. The SMILES string of the molecule is CCc1ncc(S(=O)(=O)N2CC(N)Cc3ccccc32)[nH]1. The predicted molar refractivity (Wildman–Crippen MR) is 80.6 cm³/mol. The topological polar surface area (TPSA) is 92.1 Å². The second-order valence-corrected chi connectivity index (χ2v) is 7.01. The number of hydrogen-bond acceptors (Lipinski definition) is 4. The molecule has 1 aromatic carbocycles. The van der Waals surface area contributed by atoms with Crippen molar-refractivity contribution >= 4 is 15.7 Å². The molecule has 6 nitrogen and oxygen atoms in total. The Hall–Kier alpha value is -1.86. The summed E-state index contributed by atoms with van der Waals surface area (Å²) in [5.74, 6) is 0.656. The second kappa shape index (κ2) is 5.16. The van der Waals surface area contributed by atoms with Crippen LogP contribution in [0, 0.1) is 0 Å². The minimum Gasteiger partial charge on any atom is -0.332 e. The number of benzene rings is 1. The molecular weight excluding hydrogens is 288 g/mol. The summed E-state index contributed by atoms with van der Waals surface area (Å²) >= 11 is 0. The standard InChI is InChI=1S/C14H18N4O2S/c1-2-13-16-8-14(17-13)21(19,20)18-9-11(15)7-10-5-3-4-6-12(10)18/h3-6,8,11H,2,7,9,15H2,1H3,(H,16,17). The van der Waals surface area contributed by atoms with Crippen molar-refractivity contribution in [2.24, 2.45) is 5.73 Å². The average molecular weight is 306 g/mol. The maximum atomic E-state index is 12.8. The number of sulfonamides is 1. The van der Waals surface area contributed by atoms with E-state index in [4.69, 9.17) is 5.73 Å². The van der Waals surface area contributed by atoms with E-state index in [1.54, 1.807) is 0 Å². The number of para-hydroxylation sites is 1. The molecule has 1 unspecified atom stereocenters. The zero-order valence-electron chi connectivity index (χ0n) is 11.8. The maximum absolute atomic E-state index is 12.8. The van der Waals surface area contributed by atoms with Crippen LogP contribution in [0.4, 0.5) is 5.69 Å². The number of imidazole rings is 1. The Kier molecular flexibility index (Phi) is 3.46. The maximum Gasteiger partial charge on any atom is 0.281 e. The zero-order valence-corrected chi connectivity index (χ0v) is 12.6. The van der Waals surface area contributed by atoms with E-state index >= 15 is 0 Å². The first-order chi connectivity index (χ1) is 10.0. The third-order valence-corrected chi connectivity index (χ3v) is 5.34. The lowest BCUT2D eigenvalue weighted by Crippen LogP contribution is -2.46. The summed E-state index contributed by atoms with van der Waals surface area (Å²) in [5, 5.41) is 0.114. The molecule has 7 heteroatoms. The van der Waals surface area contributed by atoms with Crippen molar-refractivity contribution in [1.82, 2.24) is 9.97 Å². The lowest BCUT2D eigenvalue weighted by atomic mass is 10.0. The lowest BCUT2D eigenvalue weighted by molar-refractivity contribution is 0.572. The summed E-state index contributed by atoms with van der Waals surface area (Å²) < 4.78 is 27.0. The number of fused-ring (bicyclic) bond motifs is 1. The van der Waals surface area contributed by atoms with Crippen molar-refractivity contribution in [2.45, 2.75) is 30.8 Å². The van der Waals surface area contributed by atoms with Gasteiger partial charge >= 0.3 is 0 Å². The number of aromatic amines is 1. The number of aromatic nitrogens is 2. The molecule has 0 amide bonds. The summed E-state index contributed by atoms with van der Waals surface area (Å²) in [7, 11) is -3.66. The quantitative estimate of drug-likeness (QED) is 0.886. The molecule has 0 radical (unpaired) electrons. The minimum atomic E-state index is -3.66. The van der Waals surface area contributed by atoms with E-state index in [-0.39, 0.29) is 17.6 Å². The van der Waals surface area contributed by atoms with Crippen molar-refractivity contribution in [3.63, 3.8) is 0 Å². The molecule has 0 spiro atoms. The molecule has 1 aliphatic rings. The van der Waals surface area contributed by atoms with Gasteiger partial charge in [-0.1, -0.05) is 25.1 Å². The van der Waals surface area contributed by atoms with E-state index in [1.165, 1.54) is 10.5 Å². The summed E-state index contributed by atoms with van der Waals surface area (Å²) in [6, 6.07) is 7.26. The number of aryl methyl sites for hydroxylation is 1. The average Bonchev–Trinajstić information content (AvgIpc) is 2.96. The Morgan fingerprint density at radius 1 is 1.43 bits per heavy atom. The van der Waals surface area contributed by atoms with E-state index in [0.717, 1.165) is 5.56 Å². The van der Waals surface area contributed by atoms with Gasteiger partial charge in [0.15, 0.2) is 5.03 Å². The van der Waals surface area contributed by atoms with Crippen LogP contribution in [-0.2, 0) is 22.9 Å². The van der Waals surface area contributed by atoms with E-state index in [2.05, 4.69) is 9.97 Å². The molecule has 112 valence electrons. The number of rotatable bonds is 3. The van der Waals surface area contributed by atoms with Crippen LogP contribution < -0.4 is 10.0 Å². The molecule has 1 aliphatic heterocycles. The van der Waals surface area contributed by atoms with Gasteiger partial charge in [-0.2, -0.15) is 8.42 Å². The first kappa shape index (κ1) is 14.1. The van der Waals surface area contributed by atoms with Crippen LogP contribution in [0.3, 0.4) is 0 Å². The molecule has 1 aromatic heterocycles. The normalized spacial score (nSPS) is 18.6. The molecule has 0 bridgehead atoms. The van der Waals surface area contributed by atoms with Crippen LogP contribution in [0.1, 0.15) is 18.3 Å². The molecule has 0 aliphatic carbocycles. The number of nitrogens with zero attached hydrogens (tertiary/aromatic N) is 2. The number of nitrogens with two attached hydrogens (primary N) is 1. The van der Waals surface area contributed by atoms with Gasteiger partial charge in [0, 0.05) is 19.0 Å². The van der Waals surface area contributed by atoms with E-state index in [9.17, 15) is 8.42 Å². The third-order valence-electron chi connectivity index (χ3n) is 3.65. The van der Waals surface area contributed by atoms with Gasteiger partial charge in [-0.3, -0.25) is 4.31 Å². The van der Waals surface area contributed by atoms with Crippen molar-refractivity contribution < 1.29 is 8.42 Å². The van der Waals surface area contributed by atoms with Crippen LogP contribution in [0.15, 0.2) is 35.5 Å². The minimum absolute atomic E-state index is 0.114. The molecule has 3 rings (SSSR count). The molecule has 2 aromatic rings. The zero-order chi connectivity index (χ0) is 15.0. The third kappa shape index (κ3) is 2.43. The Balaban J connectivity index is 2.07. The van der Waals surface area contributed by atoms with Crippen LogP contribution in [0.5, 0.6) is 0 Å². The Bertz CT molecular complexity index is 754. The predicted octanol–water partition coefficient (Wildman–Crippen LogP) is 1.05. The van der Waals surface area contributed by atoms with Crippen LogP contribution >= 0.6 is 0 Å². The number of nitrogens with one attached hydrogen (secondary N) is 1. The van der Waals surface area contributed by atoms with Gasteiger partial charge in [-0.05, 0) is 18.1 Å². The Morgan fingerprint density at radius 3 is 2.90 bits per heavy atom. The van der Waals surface area contributed by atoms with Gasteiger partial charge in [0.1, 0.15) is 5.82 Å². The fraction of sp³-hybridized carbons (Fsp3) is 0.357. The molecule has 0 fully saturated rings. The van der Waals surface area contributed by atoms with Gasteiger partial charge in [-0.25, -0.2) is 4.98 Å². The summed E-state index contributed by atoms with van der Waals surface area (Å²) in [4.78, 5) is 6.94. The smallest absolute Gasteiger partial charge is 0.281 e. The van der Waals surface area contributed by atoms with Crippen LogP contribution in [-0.4, -0.2) is 31.0 Å². The molecule has 0 saturated carbocycles. The molecule has 21 heavy (non-hydrogen) atoms. The first-order valence-electron chi connectivity index (χ1n) is 6.92. The largest absolute Gasteiger partial charge is 0.332 e. The monoisotopic (exact) mass is 306 g/mol. The van der Waals surface area contributed by atoms with E-state index < -0.39 is 10.0 Å². The highest BCUT2D eigenvalue weighted by atomic mass is 32.2. The fourth-order valence-corrected chi connectivity index (χ4v) is 4.08. The van der Waals surface area contributed by atoms with Gasteiger partial charge in [-0.15, -0.1) is 0 Å². The summed E-state index contributed by atoms with van der Waals surface area (Å²) in [6.45, 7) is 2.20. The summed E-state index contributed by atoms with van der Waals surface area (Å²) in [5.41, 5.74) is 7.67. The number of H-pyrrole nitrogens is 1. The van der Waals surface area contributed by atoms with Crippen molar-refractivity contribution in [3.8, 4) is 0 Å². The second-order valence-electron chi connectivity index (χ2n) is 5.18. The van der Waals surface area contributed by atoms with Gasteiger partial charge in [0.2, 0.25) is 0 Å². The fourth-order valence-electron chi connectivity index (χ4n) is 2.59. The van der Waals surface area contributed by atoms with E-state index in [0.29, 0.717) is 24.4 Å². The highest BCUT2D eigenvalue weighted by molar-refractivity contribution is 7.92. The molecule has 0 saturated heterocycles. The summed E-state index contributed by atoms with van der Waals surface area (Å²) in [6.07, 6.45) is 2.72. The first-order valence-corrected chi connectivity index (χ1v) is 8.36. The van der Waals surface area contributed by atoms with Gasteiger partial charge in [0.05, 0.1) is 11.9 Å².